The molecule has 0 saturated heterocycles. The quantitative estimate of drug-likeness (QED) is 0.662. The van der Waals surface area contributed by atoms with E-state index >= 15 is 0 Å². The van der Waals surface area contributed by atoms with E-state index in [0.29, 0.717) is 16.8 Å². The largest absolute Gasteiger partial charge is 0.417 e. The van der Waals surface area contributed by atoms with Crippen LogP contribution in [0.2, 0.25) is 0 Å². The number of carbonyl (C=O) groups is 1. The van der Waals surface area contributed by atoms with Gasteiger partial charge in [-0.3, -0.25) is 9.79 Å². The fraction of sp³-hybridized carbons (Fsp3) is 0.364. The van der Waals surface area contributed by atoms with E-state index < -0.39 is 35.9 Å². The number of aliphatic imine (C=N–C) groups is 1. The summed E-state index contributed by atoms with van der Waals surface area (Å²) in [6.45, 7) is 3.03. The number of alkyl halides is 3. The molecule has 0 amide bonds. The maximum Gasteiger partial charge on any atom is 0.417 e. The summed E-state index contributed by atoms with van der Waals surface area (Å²) in [4.78, 5) is 16.5. The first-order valence-corrected chi connectivity index (χ1v) is 9.15. The fourth-order valence-corrected chi connectivity index (χ4v) is 3.74. The fourth-order valence-electron chi connectivity index (χ4n) is 3.74. The first-order chi connectivity index (χ1) is 13.4. The molecule has 1 unspecified atom stereocenters. The monoisotopic (exact) mass is 407 g/mol. The van der Waals surface area contributed by atoms with E-state index in [9.17, 15) is 27.5 Å². The Morgan fingerprint density at radius 3 is 2.41 bits per heavy atom. The number of benzene rings is 2. The summed E-state index contributed by atoms with van der Waals surface area (Å²) in [6.07, 6.45) is -6.77. The van der Waals surface area contributed by atoms with Crippen molar-refractivity contribution in [3.8, 4) is 0 Å². The molecule has 0 aliphatic carbocycles. The molecule has 0 aromatic heterocycles. The summed E-state index contributed by atoms with van der Waals surface area (Å²) >= 11 is 0. The first-order valence-electron chi connectivity index (χ1n) is 9.15. The van der Waals surface area contributed by atoms with Crippen LogP contribution in [0, 0.1) is 5.82 Å². The van der Waals surface area contributed by atoms with Crippen molar-refractivity contribution < 1.29 is 27.5 Å². The molecule has 1 aliphatic heterocycles. The molecule has 0 radical (unpaired) electrons. The van der Waals surface area contributed by atoms with Crippen molar-refractivity contribution in [2.45, 2.75) is 50.3 Å². The number of nitrogens with zero attached hydrogens (tertiary/aromatic N) is 1. The molecule has 1 aliphatic rings. The zero-order chi connectivity index (χ0) is 21.4. The van der Waals surface area contributed by atoms with Gasteiger partial charge in [0, 0.05) is 24.1 Å². The summed E-state index contributed by atoms with van der Waals surface area (Å²) in [6, 6.07) is 11.7. The minimum Gasteiger partial charge on any atom is -0.380 e. The number of para-hydroxylation sites is 1. The van der Waals surface area contributed by atoms with Crippen molar-refractivity contribution >= 4 is 17.2 Å². The average Bonchev–Trinajstić information content (AvgIpc) is 2.60. The third kappa shape index (κ3) is 4.40. The van der Waals surface area contributed by atoms with Crippen LogP contribution in [-0.4, -0.2) is 28.4 Å². The Balaban J connectivity index is 1.94. The smallest absolute Gasteiger partial charge is 0.380 e. The zero-order valence-electron chi connectivity index (χ0n) is 16.1. The minimum atomic E-state index is -4.96. The molecule has 29 heavy (non-hydrogen) atoms. The predicted octanol–water partition coefficient (Wildman–Crippen LogP) is 5.54. The maximum absolute atomic E-state index is 13.9. The van der Waals surface area contributed by atoms with Crippen molar-refractivity contribution in [1.29, 1.82) is 0 Å². The van der Waals surface area contributed by atoms with Gasteiger partial charge in [-0.25, -0.2) is 4.39 Å². The van der Waals surface area contributed by atoms with Crippen LogP contribution in [-0.2, 0) is 5.41 Å². The average molecular weight is 407 g/mol. The Morgan fingerprint density at radius 1 is 1.07 bits per heavy atom. The number of hydrogen-bond acceptors (Lipinski definition) is 3. The standard InChI is InChI=1S/C22H21F4NO2/c1-20(2,14-6-5-7-15(23)10-14)13-21(29,22(24,25)26)12-16-11-19(28)17-8-3-4-9-18(17)27-16/h3-10,29H,11-13H2,1-2H3. The van der Waals surface area contributed by atoms with Gasteiger partial charge in [0.2, 0.25) is 0 Å². The van der Waals surface area contributed by atoms with Gasteiger partial charge < -0.3 is 5.11 Å². The SMILES string of the molecule is CC(C)(CC(O)(CC1=Nc2ccccc2C(=O)C1)C(F)(F)F)c1cccc(F)c1. The van der Waals surface area contributed by atoms with E-state index in [0.717, 1.165) is 6.07 Å². The second-order valence-electron chi connectivity index (χ2n) is 8.07. The second kappa shape index (κ2) is 7.37. The number of rotatable bonds is 5. The van der Waals surface area contributed by atoms with E-state index in [1.807, 2.05) is 0 Å². The molecule has 0 saturated carbocycles. The van der Waals surface area contributed by atoms with Gasteiger partial charge in [-0.15, -0.1) is 0 Å². The maximum atomic E-state index is 13.9. The highest BCUT2D eigenvalue weighted by Gasteiger charge is 2.56. The summed E-state index contributed by atoms with van der Waals surface area (Å²) in [5.74, 6) is -0.899. The van der Waals surface area contributed by atoms with Gasteiger partial charge in [0.05, 0.1) is 5.69 Å². The Labute approximate surface area is 166 Å². The highest BCUT2D eigenvalue weighted by molar-refractivity contribution is 6.15. The number of ketones is 1. The van der Waals surface area contributed by atoms with Crippen LogP contribution in [0.5, 0.6) is 0 Å². The minimum absolute atomic E-state index is 0.0245. The van der Waals surface area contributed by atoms with Gasteiger partial charge in [-0.2, -0.15) is 13.2 Å². The van der Waals surface area contributed by atoms with Crippen molar-refractivity contribution in [2.24, 2.45) is 4.99 Å². The van der Waals surface area contributed by atoms with E-state index in [1.165, 1.54) is 32.0 Å². The molecule has 3 rings (SSSR count). The van der Waals surface area contributed by atoms with Gasteiger partial charge >= 0.3 is 6.18 Å². The second-order valence-corrected chi connectivity index (χ2v) is 8.07. The summed E-state index contributed by atoms with van der Waals surface area (Å²) in [5, 5.41) is 10.7. The normalized spacial score (nSPS) is 16.8. The molecule has 1 heterocycles. The Bertz CT molecular complexity index is 965. The molecule has 7 heteroatoms. The highest BCUT2D eigenvalue weighted by Crippen LogP contribution is 2.44. The van der Waals surface area contributed by atoms with Crippen LogP contribution in [0.4, 0.5) is 23.2 Å². The van der Waals surface area contributed by atoms with Crippen LogP contribution < -0.4 is 0 Å². The van der Waals surface area contributed by atoms with Crippen molar-refractivity contribution in [3.63, 3.8) is 0 Å². The van der Waals surface area contributed by atoms with Crippen LogP contribution in [0.1, 0.15) is 49.0 Å². The Kier molecular flexibility index (Phi) is 5.38. The molecule has 1 atom stereocenters. The van der Waals surface area contributed by atoms with Crippen LogP contribution >= 0.6 is 0 Å². The number of Topliss-reactive ketones (excluding diaryl/α,β-unsaturated/α-hetero) is 1. The predicted molar refractivity (Wildman–Crippen MR) is 102 cm³/mol. The first kappa shape index (κ1) is 21.2. The number of aliphatic hydroxyl groups is 1. The van der Waals surface area contributed by atoms with E-state index in [-0.39, 0.29) is 17.9 Å². The van der Waals surface area contributed by atoms with Gasteiger partial charge in [-0.05, 0) is 41.7 Å². The van der Waals surface area contributed by atoms with Gasteiger partial charge in [0.25, 0.3) is 0 Å². The molecular weight excluding hydrogens is 386 g/mol. The summed E-state index contributed by atoms with van der Waals surface area (Å²) in [5.41, 5.74) is -3.33. The van der Waals surface area contributed by atoms with E-state index in [2.05, 4.69) is 4.99 Å². The molecule has 0 fully saturated rings. The van der Waals surface area contributed by atoms with Gasteiger partial charge in [-0.1, -0.05) is 38.1 Å². The molecule has 3 nitrogen and oxygen atoms in total. The third-order valence-corrected chi connectivity index (χ3v) is 5.21. The van der Waals surface area contributed by atoms with Crippen LogP contribution in [0.3, 0.4) is 0 Å². The zero-order valence-corrected chi connectivity index (χ0v) is 16.1. The lowest BCUT2D eigenvalue weighted by Gasteiger charge is -2.38. The van der Waals surface area contributed by atoms with Gasteiger partial charge in [0.15, 0.2) is 11.4 Å². The van der Waals surface area contributed by atoms with Crippen LogP contribution in [0.15, 0.2) is 53.5 Å². The van der Waals surface area contributed by atoms with Gasteiger partial charge in [0.1, 0.15) is 5.82 Å². The third-order valence-electron chi connectivity index (χ3n) is 5.21. The number of hydrogen-bond donors (Lipinski definition) is 1. The summed E-state index contributed by atoms with van der Waals surface area (Å²) < 4.78 is 55.3. The number of fused-ring (bicyclic) bond motifs is 1. The molecule has 1 N–H and O–H groups in total. The molecule has 154 valence electrons. The van der Waals surface area contributed by atoms with E-state index in [1.54, 1.807) is 24.3 Å². The lowest BCUT2D eigenvalue weighted by atomic mass is 9.73. The number of halogens is 4. The lowest BCUT2D eigenvalue weighted by molar-refractivity contribution is -0.263. The van der Waals surface area contributed by atoms with Crippen LogP contribution in [0.25, 0.3) is 0 Å². The Hall–Kier alpha value is -2.54. The number of carbonyl (C=O) groups excluding carboxylic acids is 1. The molecule has 0 spiro atoms. The lowest BCUT2D eigenvalue weighted by Crippen LogP contribution is -2.50. The van der Waals surface area contributed by atoms with Crippen molar-refractivity contribution in [1.82, 2.24) is 0 Å². The van der Waals surface area contributed by atoms with Crippen molar-refractivity contribution in [2.75, 3.05) is 0 Å². The molecule has 2 aromatic carbocycles. The van der Waals surface area contributed by atoms with Crippen molar-refractivity contribution in [3.05, 3.63) is 65.5 Å². The van der Waals surface area contributed by atoms with E-state index in [4.69, 9.17) is 0 Å². The summed E-state index contributed by atoms with van der Waals surface area (Å²) in [7, 11) is 0. The molecule has 0 bridgehead atoms. The Morgan fingerprint density at radius 2 is 1.76 bits per heavy atom. The molecular formula is C22H21F4NO2. The molecule has 2 aromatic rings. The highest BCUT2D eigenvalue weighted by atomic mass is 19.4. The topological polar surface area (TPSA) is 49.7 Å².